The zero-order chi connectivity index (χ0) is 16.7. The van der Waals surface area contributed by atoms with Crippen molar-refractivity contribution in [1.29, 1.82) is 0 Å². The van der Waals surface area contributed by atoms with Gasteiger partial charge in [-0.3, -0.25) is 9.59 Å². The third-order valence-corrected chi connectivity index (χ3v) is 4.53. The van der Waals surface area contributed by atoms with Gasteiger partial charge >= 0.3 is 5.97 Å². The van der Waals surface area contributed by atoms with Crippen LogP contribution in [0.4, 0.5) is 5.69 Å². The molecule has 2 aromatic rings. The molecule has 0 unspecified atom stereocenters. The zero-order valence-electron chi connectivity index (χ0n) is 11.9. The largest absolute Gasteiger partial charge is 0.455 e. The number of rotatable bonds is 6. The normalized spacial score (nSPS) is 10.2. The fourth-order valence-corrected chi connectivity index (χ4v) is 2.75. The van der Waals surface area contributed by atoms with E-state index in [-0.39, 0.29) is 12.4 Å². The highest BCUT2D eigenvalue weighted by Crippen LogP contribution is 2.21. The number of esters is 1. The molecular weight excluding hydrogens is 402 g/mol. The zero-order valence-corrected chi connectivity index (χ0v) is 15.1. The smallest absolute Gasteiger partial charge is 0.316 e. The quantitative estimate of drug-likeness (QED) is 0.563. The highest BCUT2D eigenvalue weighted by atomic mass is 79.9. The van der Waals surface area contributed by atoms with Crippen molar-refractivity contribution in [3.8, 4) is 0 Å². The summed E-state index contributed by atoms with van der Waals surface area (Å²) in [6.45, 7) is -0.342. The number of benzene rings is 2. The van der Waals surface area contributed by atoms with Crippen LogP contribution in [-0.2, 0) is 14.3 Å². The maximum Gasteiger partial charge on any atom is 0.316 e. The monoisotopic (exact) mass is 413 g/mol. The first-order valence-electron chi connectivity index (χ1n) is 6.63. The maximum atomic E-state index is 11.7. The molecule has 0 aliphatic rings. The number of nitrogens with one attached hydrogen (secondary N) is 1. The van der Waals surface area contributed by atoms with Crippen molar-refractivity contribution in [3.05, 3.63) is 58.0 Å². The van der Waals surface area contributed by atoms with Crippen LogP contribution in [0.5, 0.6) is 0 Å². The predicted molar refractivity (Wildman–Crippen MR) is 95.9 cm³/mol. The SMILES string of the molecule is O=C(COC(=O)CSc1ccc(Br)cc1)Nc1ccccc1Cl. The Balaban J connectivity index is 1.72. The molecule has 0 radical (unpaired) electrons. The molecule has 2 aromatic carbocycles. The predicted octanol–water partition coefficient (Wildman–Crippen LogP) is 4.38. The molecule has 1 amide bonds. The lowest BCUT2D eigenvalue weighted by atomic mass is 10.3. The number of carbonyl (C=O) groups is 2. The summed E-state index contributed by atoms with van der Waals surface area (Å²) in [5.41, 5.74) is 0.486. The van der Waals surface area contributed by atoms with E-state index >= 15 is 0 Å². The molecule has 0 atom stereocenters. The fraction of sp³-hybridized carbons (Fsp3) is 0.125. The van der Waals surface area contributed by atoms with Gasteiger partial charge in [0.25, 0.3) is 5.91 Å². The molecule has 0 aliphatic carbocycles. The summed E-state index contributed by atoms with van der Waals surface area (Å²) in [6, 6.07) is 14.4. The first kappa shape index (κ1) is 17.8. The standard InChI is InChI=1S/C16H13BrClNO3S/c17-11-5-7-12(8-6-11)23-10-16(21)22-9-15(20)19-14-4-2-1-3-13(14)18/h1-8H,9-10H2,(H,19,20). The van der Waals surface area contributed by atoms with Crippen molar-refractivity contribution in [3.63, 3.8) is 0 Å². The Kier molecular flexibility index (Phi) is 6.95. The van der Waals surface area contributed by atoms with Gasteiger partial charge in [-0.05, 0) is 36.4 Å². The Hall–Kier alpha value is -1.50. The summed E-state index contributed by atoms with van der Waals surface area (Å²) in [7, 11) is 0. The molecule has 1 N–H and O–H groups in total. The molecule has 0 bridgehead atoms. The molecule has 0 heterocycles. The Labute approximate surface area is 151 Å². The van der Waals surface area contributed by atoms with Gasteiger partial charge in [-0.15, -0.1) is 11.8 Å². The van der Waals surface area contributed by atoms with E-state index in [0.717, 1.165) is 9.37 Å². The minimum Gasteiger partial charge on any atom is -0.455 e. The van der Waals surface area contributed by atoms with Crippen molar-refractivity contribution in [1.82, 2.24) is 0 Å². The number of thioether (sulfide) groups is 1. The van der Waals surface area contributed by atoms with Gasteiger partial charge in [-0.2, -0.15) is 0 Å². The molecule has 120 valence electrons. The van der Waals surface area contributed by atoms with Crippen LogP contribution in [0.3, 0.4) is 0 Å². The lowest BCUT2D eigenvalue weighted by molar-refractivity contribution is -0.144. The summed E-state index contributed by atoms with van der Waals surface area (Å²) in [5, 5.41) is 3.01. The van der Waals surface area contributed by atoms with E-state index in [2.05, 4.69) is 21.2 Å². The Morgan fingerprint density at radius 3 is 2.52 bits per heavy atom. The van der Waals surface area contributed by atoms with Crippen LogP contribution < -0.4 is 5.32 Å². The number of carbonyl (C=O) groups excluding carboxylic acids is 2. The van der Waals surface area contributed by atoms with Crippen LogP contribution in [0.1, 0.15) is 0 Å². The fourth-order valence-electron chi connectivity index (χ4n) is 1.61. The number of halogens is 2. The second-order valence-corrected chi connectivity index (χ2v) is 6.80. The molecule has 4 nitrogen and oxygen atoms in total. The van der Waals surface area contributed by atoms with Crippen LogP contribution in [0, 0.1) is 0 Å². The molecule has 7 heteroatoms. The van der Waals surface area contributed by atoms with Gasteiger partial charge in [0.15, 0.2) is 6.61 Å². The van der Waals surface area contributed by atoms with Crippen molar-refractivity contribution in [2.75, 3.05) is 17.7 Å². The summed E-state index contributed by atoms with van der Waals surface area (Å²) in [5.74, 6) is -0.742. The van der Waals surface area contributed by atoms with Gasteiger partial charge in [-0.25, -0.2) is 0 Å². The summed E-state index contributed by atoms with van der Waals surface area (Å²) in [4.78, 5) is 24.3. The second kappa shape index (κ2) is 8.96. The third-order valence-electron chi connectivity index (χ3n) is 2.68. The molecule has 0 spiro atoms. The van der Waals surface area contributed by atoms with Gasteiger partial charge in [0.05, 0.1) is 16.5 Å². The van der Waals surface area contributed by atoms with Gasteiger partial charge in [0, 0.05) is 9.37 Å². The molecule has 0 aliphatic heterocycles. The van der Waals surface area contributed by atoms with Crippen molar-refractivity contribution in [2.24, 2.45) is 0 Å². The van der Waals surface area contributed by atoms with Gasteiger partial charge in [-0.1, -0.05) is 39.7 Å². The number of hydrogen-bond acceptors (Lipinski definition) is 4. The topological polar surface area (TPSA) is 55.4 Å². The van der Waals surface area contributed by atoms with Crippen LogP contribution in [0.15, 0.2) is 57.9 Å². The molecule has 2 rings (SSSR count). The first-order chi connectivity index (χ1) is 11.0. The lowest BCUT2D eigenvalue weighted by Crippen LogP contribution is -2.21. The maximum absolute atomic E-state index is 11.7. The van der Waals surface area contributed by atoms with E-state index in [1.807, 2.05) is 24.3 Å². The van der Waals surface area contributed by atoms with Gasteiger partial charge in [0.2, 0.25) is 0 Å². The van der Waals surface area contributed by atoms with E-state index in [9.17, 15) is 9.59 Å². The molecular formula is C16H13BrClNO3S. The third kappa shape index (κ3) is 6.25. The molecule has 0 saturated carbocycles. The molecule has 23 heavy (non-hydrogen) atoms. The second-order valence-electron chi connectivity index (χ2n) is 4.43. The van der Waals surface area contributed by atoms with E-state index in [4.69, 9.17) is 16.3 Å². The Morgan fingerprint density at radius 1 is 1.13 bits per heavy atom. The van der Waals surface area contributed by atoms with Crippen molar-refractivity contribution >= 4 is 56.9 Å². The van der Waals surface area contributed by atoms with Crippen molar-refractivity contribution < 1.29 is 14.3 Å². The van der Waals surface area contributed by atoms with E-state index in [1.165, 1.54) is 11.8 Å². The van der Waals surface area contributed by atoms with Gasteiger partial charge in [0.1, 0.15) is 0 Å². The van der Waals surface area contributed by atoms with E-state index in [0.29, 0.717) is 10.7 Å². The minimum atomic E-state index is -0.452. The minimum absolute atomic E-state index is 0.140. The number of anilines is 1. The average Bonchev–Trinajstić information content (AvgIpc) is 2.54. The summed E-state index contributed by atoms with van der Waals surface area (Å²) < 4.78 is 5.91. The van der Waals surface area contributed by atoms with Crippen LogP contribution in [-0.4, -0.2) is 24.2 Å². The van der Waals surface area contributed by atoms with Crippen LogP contribution >= 0.6 is 39.3 Å². The summed E-state index contributed by atoms with van der Waals surface area (Å²) >= 11 is 10.6. The summed E-state index contributed by atoms with van der Waals surface area (Å²) in [6.07, 6.45) is 0. The molecule has 0 fully saturated rings. The Morgan fingerprint density at radius 2 is 1.83 bits per heavy atom. The number of hydrogen-bond donors (Lipinski definition) is 1. The first-order valence-corrected chi connectivity index (χ1v) is 8.78. The number of para-hydroxylation sites is 1. The van der Waals surface area contributed by atoms with Crippen LogP contribution in [0.2, 0.25) is 5.02 Å². The number of ether oxygens (including phenoxy) is 1. The van der Waals surface area contributed by atoms with E-state index in [1.54, 1.807) is 24.3 Å². The van der Waals surface area contributed by atoms with Crippen molar-refractivity contribution in [2.45, 2.75) is 4.90 Å². The molecule has 0 aromatic heterocycles. The van der Waals surface area contributed by atoms with Gasteiger partial charge < -0.3 is 10.1 Å². The highest BCUT2D eigenvalue weighted by molar-refractivity contribution is 9.10. The Bertz CT molecular complexity index is 694. The van der Waals surface area contributed by atoms with E-state index < -0.39 is 11.9 Å². The molecule has 0 saturated heterocycles. The van der Waals surface area contributed by atoms with Crippen LogP contribution in [0.25, 0.3) is 0 Å². The number of amides is 1. The highest BCUT2D eigenvalue weighted by Gasteiger charge is 2.10. The lowest BCUT2D eigenvalue weighted by Gasteiger charge is -2.08. The average molecular weight is 415 g/mol.